The summed E-state index contributed by atoms with van der Waals surface area (Å²) in [6.07, 6.45) is 3.70. The van der Waals surface area contributed by atoms with Gasteiger partial charge in [0.2, 0.25) is 5.91 Å². The average Bonchev–Trinajstić information content (AvgIpc) is 2.79. The topological polar surface area (TPSA) is 52.6 Å². The molecular formula is C13H24N2O2. The molecular weight excluding hydrogens is 216 g/mol. The van der Waals surface area contributed by atoms with E-state index in [9.17, 15) is 9.90 Å². The molecule has 2 rings (SSSR count). The Morgan fingerprint density at radius 3 is 2.94 bits per heavy atom. The first-order valence-corrected chi connectivity index (χ1v) is 6.83. The molecule has 1 amide bonds. The minimum absolute atomic E-state index is 0.279. The molecule has 98 valence electrons. The fourth-order valence-electron chi connectivity index (χ4n) is 2.88. The van der Waals surface area contributed by atoms with Crippen molar-refractivity contribution in [1.82, 2.24) is 10.2 Å². The van der Waals surface area contributed by atoms with E-state index < -0.39 is 0 Å². The van der Waals surface area contributed by atoms with Crippen LogP contribution in [0.4, 0.5) is 0 Å². The van der Waals surface area contributed by atoms with Crippen LogP contribution >= 0.6 is 0 Å². The number of carbonyl (C=O) groups is 1. The smallest absolute Gasteiger partial charge is 0.222 e. The number of rotatable bonds is 3. The number of aliphatic hydroxyl groups excluding tert-OH is 1. The van der Waals surface area contributed by atoms with Crippen LogP contribution in [0.1, 0.15) is 32.6 Å². The Morgan fingerprint density at radius 2 is 2.35 bits per heavy atom. The molecule has 2 aliphatic heterocycles. The predicted molar refractivity (Wildman–Crippen MR) is 66.6 cm³/mol. The number of piperidine rings is 1. The van der Waals surface area contributed by atoms with Gasteiger partial charge in [0.1, 0.15) is 0 Å². The molecule has 0 bridgehead atoms. The van der Waals surface area contributed by atoms with Gasteiger partial charge in [-0.15, -0.1) is 0 Å². The maximum absolute atomic E-state index is 12.1. The molecule has 4 heteroatoms. The normalized spacial score (nSPS) is 31.5. The lowest BCUT2D eigenvalue weighted by Crippen LogP contribution is -2.36. The number of aliphatic hydroxyl groups is 1. The highest BCUT2D eigenvalue weighted by Crippen LogP contribution is 2.22. The Bertz CT molecular complexity index is 262. The molecule has 2 fully saturated rings. The molecule has 17 heavy (non-hydrogen) atoms. The van der Waals surface area contributed by atoms with Gasteiger partial charge in [0, 0.05) is 25.4 Å². The van der Waals surface area contributed by atoms with Gasteiger partial charge >= 0.3 is 0 Å². The molecule has 4 nitrogen and oxygen atoms in total. The zero-order chi connectivity index (χ0) is 12.3. The number of likely N-dealkylation sites (tertiary alicyclic amines) is 1. The van der Waals surface area contributed by atoms with Crippen molar-refractivity contribution in [2.75, 3.05) is 26.2 Å². The van der Waals surface area contributed by atoms with E-state index in [2.05, 4.69) is 5.32 Å². The maximum atomic E-state index is 12.1. The van der Waals surface area contributed by atoms with E-state index in [1.165, 1.54) is 12.8 Å². The van der Waals surface area contributed by atoms with Crippen LogP contribution < -0.4 is 5.32 Å². The summed E-state index contributed by atoms with van der Waals surface area (Å²) >= 11 is 0. The molecule has 0 spiro atoms. The largest absolute Gasteiger partial charge is 0.393 e. The van der Waals surface area contributed by atoms with E-state index >= 15 is 0 Å². The Kier molecular flexibility index (Phi) is 4.40. The van der Waals surface area contributed by atoms with Crippen molar-refractivity contribution in [2.24, 2.45) is 11.8 Å². The van der Waals surface area contributed by atoms with E-state index in [4.69, 9.17) is 0 Å². The SMILES string of the molecule is CC(O)C1CCN(C(=O)CC2CCCNC2)C1. The summed E-state index contributed by atoms with van der Waals surface area (Å²) in [5, 5.41) is 12.9. The fraction of sp³-hybridized carbons (Fsp3) is 0.923. The summed E-state index contributed by atoms with van der Waals surface area (Å²) < 4.78 is 0. The van der Waals surface area contributed by atoms with Gasteiger partial charge in [-0.3, -0.25) is 4.79 Å². The minimum Gasteiger partial charge on any atom is -0.393 e. The Morgan fingerprint density at radius 1 is 1.53 bits per heavy atom. The van der Waals surface area contributed by atoms with Crippen LogP contribution in [-0.2, 0) is 4.79 Å². The van der Waals surface area contributed by atoms with Gasteiger partial charge in [-0.2, -0.15) is 0 Å². The number of hydrogen-bond donors (Lipinski definition) is 2. The van der Waals surface area contributed by atoms with Crippen LogP contribution in [0.25, 0.3) is 0 Å². The van der Waals surface area contributed by atoms with Gasteiger partial charge in [0.15, 0.2) is 0 Å². The van der Waals surface area contributed by atoms with Crippen molar-refractivity contribution in [3.63, 3.8) is 0 Å². The van der Waals surface area contributed by atoms with E-state index in [-0.39, 0.29) is 17.9 Å². The Hall–Kier alpha value is -0.610. The fourth-order valence-corrected chi connectivity index (χ4v) is 2.88. The van der Waals surface area contributed by atoms with Crippen molar-refractivity contribution in [3.05, 3.63) is 0 Å². The maximum Gasteiger partial charge on any atom is 0.222 e. The van der Waals surface area contributed by atoms with Gasteiger partial charge in [-0.05, 0) is 45.2 Å². The van der Waals surface area contributed by atoms with Crippen molar-refractivity contribution in [3.8, 4) is 0 Å². The zero-order valence-corrected chi connectivity index (χ0v) is 10.7. The highest BCUT2D eigenvalue weighted by atomic mass is 16.3. The molecule has 0 aromatic carbocycles. The molecule has 3 atom stereocenters. The first-order valence-electron chi connectivity index (χ1n) is 6.83. The van der Waals surface area contributed by atoms with E-state index in [0.29, 0.717) is 12.3 Å². The number of nitrogens with one attached hydrogen (secondary N) is 1. The standard InChI is InChI=1S/C13H24N2O2/c1-10(16)12-4-6-15(9-12)13(17)7-11-3-2-5-14-8-11/h10-12,14,16H,2-9H2,1H3. The van der Waals surface area contributed by atoms with Gasteiger partial charge in [0.05, 0.1) is 6.10 Å². The van der Waals surface area contributed by atoms with Crippen molar-refractivity contribution >= 4 is 5.91 Å². The zero-order valence-electron chi connectivity index (χ0n) is 10.7. The first-order chi connectivity index (χ1) is 8.16. The Labute approximate surface area is 103 Å². The van der Waals surface area contributed by atoms with Crippen LogP contribution in [0.5, 0.6) is 0 Å². The summed E-state index contributed by atoms with van der Waals surface area (Å²) in [6.45, 7) is 5.48. The van der Waals surface area contributed by atoms with E-state index in [1.807, 2.05) is 11.8 Å². The van der Waals surface area contributed by atoms with Gasteiger partial charge in [-0.25, -0.2) is 0 Å². The van der Waals surface area contributed by atoms with Crippen LogP contribution in [0.3, 0.4) is 0 Å². The number of nitrogens with zero attached hydrogens (tertiary/aromatic N) is 1. The van der Waals surface area contributed by atoms with Crippen LogP contribution in [0.2, 0.25) is 0 Å². The monoisotopic (exact) mass is 240 g/mol. The summed E-state index contributed by atoms with van der Waals surface area (Å²) in [7, 11) is 0. The lowest BCUT2D eigenvalue weighted by molar-refractivity contribution is -0.131. The predicted octanol–water partition coefficient (Wildman–Crippen LogP) is 0.605. The molecule has 0 saturated carbocycles. The lowest BCUT2D eigenvalue weighted by atomic mass is 9.95. The summed E-state index contributed by atoms with van der Waals surface area (Å²) in [5.41, 5.74) is 0. The van der Waals surface area contributed by atoms with Gasteiger partial charge < -0.3 is 15.3 Å². The van der Waals surface area contributed by atoms with E-state index in [0.717, 1.165) is 32.6 Å². The lowest BCUT2D eigenvalue weighted by Gasteiger charge is -2.25. The average molecular weight is 240 g/mol. The molecule has 2 saturated heterocycles. The van der Waals surface area contributed by atoms with Crippen molar-refractivity contribution in [1.29, 1.82) is 0 Å². The summed E-state index contributed by atoms with van der Waals surface area (Å²) in [6, 6.07) is 0. The minimum atomic E-state index is -0.288. The molecule has 2 N–H and O–H groups in total. The highest BCUT2D eigenvalue weighted by molar-refractivity contribution is 5.76. The van der Waals surface area contributed by atoms with Crippen LogP contribution in [0, 0.1) is 11.8 Å². The number of amides is 1. The third-order valence-corrected chi connectivity index (χ3v) is 4.12. The van der Waals surface area contributed by atoms with Crippen LogP contribution in [-0.4, -0.2) is 48.2 Å². The molecule has 0 aromatic heterocycles. The molecule has 0 radical (unpaired) electrons. The highest BCUT2D eigenvalue weighted by Gasteiger charge is 2.30. The summed E-state index contributed by atoms with van der Waals surface area (Å²) in [4.78, 5) is 14.0. The number of carbonyl (C=O) groups excluding carboxylic acids is 1. The number of hydrogen-bond acceptors (Lipinski definition) is 3. The van der Waals surface area contributed by atoms with Gasteiger partial charge in [0.25, 0.3) is 0 Å². The van der Waals surface area contributed by atoms with Crippen molar-refractivity contribution < 1.29 is 9.90 Å². The third-order valence-electron chi connectivity index (χ3n) is 4.12. The Balaban J connectivity index is 1.76. The summed E-state index contributed by atoms with van der Waals surface area (Å²) in [5.74, 6) is 1.08. The molecule has 0 aromatic rings. The molecule has 0 aliphatic carbocycles. The quantitative estimate of drug-likeness (QED) is 0.760. The second kappa shape index (κ2) is 5.83. The second-order valence-corrected chi connectivity index (χ2v) is 5.55. The third kappa shape index (κ3) is 3.42. The van der Waals surface area contributed by atoms with Crippen LogP contribution in [0.15, 0.2) is 0 Å². The molecule has 3 unspecified atom stereocenters. The molecule has 2 aliphatic rings. The van der Waals surface area contributed by atoms with Gasteiger partial charge in [-0.1, -0.05) is 0 Å². The second-order valence-electron chi connectivity index (χ2n) is 5.55. The van der Waals surface area contributed by atoms with Crippen molar-refractivity contribution in [2.45, 2.75) is 38.7 Å². The first kappa shape index (κ1) is 12.8. The van der Waals surface area contributed by atoms with E-state index in [1.54, 1.807) is 0 Å². The molecule has 2 heterocycles.